The van der Waals surface area contributed by atoms with Gasteiger partial charge in [0.1, 0.15) is 0 Å². The van der Waals surface area contributed by atoms with Gasteiger partial charge in [-0.1, -0.05) is 0 Å². The van der Waals surface area contributed by atoms with E-state index in [1.54, 1.807) is 0 Å². The van der Waals surface area contributed by atoms with Gasteiger partial charge in [-0.05, 0) is 6.92 Å². The monoisotopic (exact) mass is 193 g/mol. The van der Waals surface area contributed by atoms with E-state index in [2.05, 4.69) is 5.32 Å². The summed E-state index contributed by atoms with van der Waals surface area (Å²) in [6, 6.07) is 0.291. The highest BCUT2D eigenvalue weighted by molar-refractivity contribution is 5.85. The van der Waals surface area contributed by atoms with Crippen molar-refractivity contribution < 1.29 is 4.79 Å². The molecule has 1 aliphatic heterocycles. The highest BCUT2D eigenvalue weighted by atomic mass is 35.5. The summed E-state index contributed by atoms with van der Waals surface area (Å²) < 4.78 is 0. The lowest BCUT2D eigenvalue weighted by Gasteiger charge is -2.33. The molecule has 1 saturated heterocycles. The van der Waals surface area contributed by atoms with E-state index >= 15 is 0 Å². The first-order valence-corrected chi connectivity index (χ1v) is 3.96. The SMILES string of the molecule is CC1CNCCN1C(=O)CN.Cl. The number of carbonyl (C=O) groups excluding carboxylic acids is 1. The van der Waals surface area contributed by atoms with Gasteiger partial charge >= 0.3 is 0 Å². The number of nitrogens with zero attached hydrogens (tertiary/aromatic N) is 1. The molecule has 72 valence electrons. The Kier molecular flexibility index (Phi) is 5.20. The van der Waals surface area contributed by atoms with E-state index in [0.29, 0.717) is 6.04 Å². The van der Waals surface area contributed by atoms with Crippen LogP contribution in [0.3, 0.4) is 0 Å². The zero-order chi connectivity index (χ0) is 8.27. The molecule has 0 saturated carbocycles. The van der Waals surface area contributed by atoms with Crippen LogP contribution in [0.25, 0.3) is 0 Å². The van der Waals surface area contributed by atoms with Crippen molar-refractivity contribution in [3.63, 3.8) is 0 Å². The number of nitrogens with one attached hydrogen (secondary N) is 1. The highest BCUT2D eigenvalue weighted by Crippen LogP contribution is 2.01. The van der Waals surface area contributed by atoms with Gasteiger partial charge in [-0.3, -0.25) is 4.79 Å². The third-order valence-corrected chi connectivity index (χ3v) is 2.00. The summed E-state index contributed by atoms with van der Waals surface area (Å²) >= 11 is 0. The average Bonchev–Trinajstić information content (AvgIpc) is 2.04. The van der Waals surface area contributed by atoms with Crippen molar-refractivity contribution >= 4 is 18.3 Å². The fraction of sp³-hybridized carbons (Fsp3) is 0.857. The van der Waals surface area contributed by atoms with Gasteiger partial charge < -0.3 is 16.0 Å². The van der Waals surface area contributed by atoms with E-state index in [1.807, 2.05) is 11.8 Å². The zero-order valence-corrected chi connectivity index (χ0v) is 8.06. The van der Waals surface area contributed by atoms with Crippen LogP contribution >= 0.6 is 12.4 Å². The summed E-state index contributed by atoms with van der Waals surface area (Å²) in [4.78, 5) is 13.0. The first-order chi connectivity index (χ1) is 5.25. The number of rotatable bonds is 1. The van der Waals surface area contributed by atoms with Crippen LogP contribution in [-0.4, -0.2) is 43.0 Å². The minimum Gasteiger partial charge on any atom is -0.336 e. The molecule has 3 N–H and O–H groups in total. The highest BCUT2D eigenvalue weighted by Gasteiger charge is 2.21. The molecule has 1 amide bonds. The zero-order valence-electron chi connectivity index (χ0n) is 7.25. The largest absolute Gasteiger partial charge is 0.336 e. The number of amides is 1. The molecule has 12 heavy (non-hydrogen) atoms. The predicted octanol–water partition coefficient (Wildman–Crippen LogP) is -0.813. The number of nitrogens with two attached hydrogens (primary N) is 1. The van der Waals surface area contributed by atoms with E-state index in [9.17, 15) is 4.79 Å². The Hall–Kier alpha value is -0.320. The van der Waals surface area contributed by atoms with Crippen molar-refractivity contribution in [3.05, 3.63) is 0 Å². The summed E-state index contributed by atoms with van der Waals surface area (Å²) in [5, 5.41) is 3.21. The second-order valence-corrected chi connectivity index (χ2v) is 2.84. The van der Waals surface area contributed by atoms with E-state index in [0.717, 1.165) is 19.6 Å². The van der Waals surface area contributed by atoms with Gasteiger partial charge in [0.2, 0.25) is 5.91 Å². The van der Waals surface area contributed by atoms with Gasteiger partial charge in [0.15, 0.2) is 0 Å². The first kappa shape index (κ1) is 11.7. The molecule has 0 aromatic heterocycles. The van der Waals surface area contributed by atoms with Crippen molar-refractivity contribution in [3.8, 4) is 0 Å². The van der Waals surface area contributed by atoms with Crippen LogP contribution in [-0.2, 0) is 4.79 Å². The van der Waals surface area contributed by atoms with Crippen molar-refractivity contribution in [2.75, 3.05) is 26.2 Å². The maximum atomic E-state index is 11.2. The van der Waals surface area contributed by atoms with Crippen LogP contribution in [0, 0.1) is 0 Å². The third-order valence-electron chi connectivity index (χ3n) is 2.00. The standard InChI is InChI=1S/C7H15N3O.ClH/c1-6-5-9-2-3-10(6)7(11)4-8;/h6,9H,2-5,8H2,1H3;1H. The van der Waals surface area contributed by atoms with Crippen LogP contribution < -0.4 is 11.1 Å². The number of halogens is 1. The Morgan fingerprint density at radius 3 is 2.92 bits per heavy atom. The Balaban J connectivity index is 0.00000121. The van der Waals surface area contributed by atoms with Crippen LogP contribution in [0.2, 0.25) is 0 Å². The second-order valence-electron chi connectivity index (χ2n) is 2.84. The molecule has 4 nitrogen and oxygen atoms in total. The van der Waals surface area contributed by atoms with E-state index in [1.165, 1.54) is 0 Å². The molecule has 5 heteroatoms. The molecule has 1 atom stereocenters. The van der Waals surface area contributed by atoms with Gasteiger partial charge in [-0.25, -0.2) is 0 Å². The lowest BCUT2D eigenvalue weighted by atomic mass is 10.2. The Morgan fingerprint density at radius 2 is 2.42 bits per heavy atom. The predicted molar refractivity (Wildman–Crippen MR) is 50.3 cm³/mol. The van der Waals surface area contributed by atoms with E-state index < -0.39 is 0 Å². The van der Waals surface area contributed by atoms with Crippen molar-refractivity contribution in [1.29, 1.82) is 0 Å². The molecule has 0 spiro atoms. The molecule has 1 fully saturated rings. The number of hydrogen-bond acceptors (Lipinski definition) is 3. The summed E-state index contributed by atoms with van der Waals surface area (Å²) in [5.74, 6) is 0.0546. The summed E-state index contributed by atoms with van der Waals surface area (Å²) in [7, 11) is 0. The molecular weight excluding hydrogens is 178 g/mol. The maximum absolute atomic E-state index is 11.2. The fourth-order valence-electron chi connectivity index (χ4n) is 1.33. The fourth-order valence-corrected chi connectivity index (χ4v) is 1.33. The molecular formula is C7H16ClN3O. The summed E-state index contributed by atoms with van der Waals surface area (Å²) in [6.07, 6.45) is 0. The van der Waals surface area contributed by atoms with Gasteiger partial charge in [0.25, 0.3) is 0 Å². The second kappa shape index (κ2) is 5.35. The van der Waals surface area contributed by atoms with Crippen molar-refractivity contribution in [2.24, 2.45) is 5.73 Å². The number of hydrogen-bond donors (Lipinski definition) is 2. The minimum absolute atomic E-state index is 0. The Bertz CT molecular complexity index is 154. The van der Waals surface area contributed by atoms with Gasteiger partial charge in [-0.2, -0.15) is 0 Å². The molecule has 1 rings (SSSR count). The van der Waals surface area contributed by atoms with Crippen LogP contribution in [0.4, 0.5) is 0 Å². The molecule has 1 aliphatic rings. The van der Waals surface area contributed by atoms with Crippen LogP contribution in [0.15, 0.2) is 0 Å². The molecule has 0 bridgehead atoms. The lowest BCUT2D eigenvalue weighted by Crippen LogP contribution is -2.53. The number of piperazine rings is 1. The molecule has 0 radical (unpaired) electrons. The Morgan fingerprint density at radius 1 is 1.75 bits per heavy atom. The smallest absolute Gasteiger partial charge is 0.236 e. The first-order valence-electron chi connectivity index (χ1n) is 3.96. The van der Waals surface area contributed by atoms with E-state index in [-0.39, 0.29) is 24.9 Å². The summed E-state index contributed by atoms with van der Waals surface area (Å²) in [6.45, 7) is 4.71. The molecule has 1 unspecified atom stereocenters. The van der Waals surface area contributed by atoms with Crippen molar-refractivity contribution in [2.45, 2.75) is 13.0 Å². The third kappa shape index (κ3) is 2.62. The minimum atomic E-state index is 0. The van der Waals surface area contributed by atoms with Gasteiger partial charge in [0.05, 0.1) is 6.54 Å². The quantitative estimate of drug-likeness (QED) is 0.573. The normalized spacial score (nSPS) is 23.2. The van der Waals surface area contributed by atoms with Crippen LogP contribution in [0.1, 0.15) is 6.92 Å². The maximum Gasteiger partial charge on any atom is 0.236 e. The molecule has 0 aromatic rings. The molecule has 0 aromatic carbocycles. The van der Waals surface area contributed by atoms with Gasteiger partial charge in [-0.15, -0.1) is 12.4 Å². The van der Waals surface area contributed by atoms with Crippen LogP contribution in [0.5, 0.6) is 0 Å². The Labute approximate surface area is 78.9 Å². The topological polar surface area (TPSA) is 58.4 Å². The van der Waals surface area contributed by atoms with E-state index in [4.69, 9.17) is 5.73 Å². The van der Waals surface area contributed by atoms with Crippen molar-refractivity contribution in [1.82, 2.24) is 10.2 Å². The summed E-state index contributed by atoms with van der Waals surface area (Å²) in [5.41, 5.74) is 5.25. The lowest BCUT2D eigenvalue weighted by molar-refractivity contribution is -0.132. The number of carbonyl (C=O) groups is 1. The van der Waals surface area contributed by atoms with Gasteiger partial charge in [0, 0.05) is 25.7 Å². The average molecular weight is 194 g/mol. The molecule has 1 heterocycles. The molecule has 0 aliphatic carbocycles.